The average molecular weight is 723 g/mol. The Morgan fingerprint density at radius 2 is 1.74 bits per heavy atom. The number of amides is 3. The van der Waals surface area contributed by atoms with E-state index in [-0.39, 0.29) is 25.3 Å². The number of nitrogens with zero attached hydrogens (tertiary/aromatic N) is 1. The molecule has 13 heteroatoms. The molecule has 3 N–H and O–H groups in total. The summed E-state index contributed by atoms with van der Waals surface area (Å²) in [6.45, 7) is 9.51. The molecule has 1 heterocycles. The monoisotopic (exact) mass is 722 g/mol. The van der Waals surface area contributed by atoms with Gasteiger partial charge < -0.3 is 20.3 Å². The quantitative estimate of drug-likeness (QED) is 0.216. The second kappa shape index (κ2) is 13.4. The van der Waals surface area contributed by atoms with Gasteiger partial charge in [0.1, 0.15) is 34.9 Å². The van der Waals surface area contributed by atoms with Gasteiger partial charge >= 0.3 is 0 Å². The first-order valence-corrected chi connectivity index (χ1v) is 18.4. The Morgan fingerprint density at radius 1 is 1.04 bits per heavy atom. The smallest absolute Gasteiger partial charge is 0.259 e. The highest BCUT2D eigenvalue weighted by atomic mass is 35.5. The number of halogens is 2. The van der Waals surface area contributed by atoms with Crippen molar-refractivity contribution in [3.63, 3.8) is 0 Å². The zero-order valence-corrected chi connectivity index (χ0v) is 29.6. The predicted molar refractivity (Wildman–Crippen MR) is 189 cm³/mol. The van der Waals surface area contributed by atoms with E-state index in [2.05, 4.69) is 21.9 Å². The summed E-state index contributed by atoms with van der Waals surface area (Å²) >= 11 is 6.14. The molecule has 264 valence electrons. The van der Waals surface area contributed by atoms with Gasteiger partial charge in [0, 0.05) is 29.6 Å². The van der Waals surface area contributed by atoms with Crippen molar-refractivity contribution in [1.82, 2.24) is 14.9 Å². The normalized spacial score (nSPS) is 22.1. The number of sulfonamides is 1. The number of hydrogen-bond acceptors (Lipinski definition) is 7. The van der Waals surface area contributed by atoms with Gasteiger partial charge in [-0.2, -0.15) is 0 Å². The third kappa shape index (κ3) is 7.51. The maximum Gasteiger partial charge on any atom is 0.259 e. The highest BCUT2D eigenvalue weighted by molar-refractivity contribution is 7.91. The largest absolute Gasteiger partial charge is 0.457 e. The summed E-state index contributed by atoms with van der Waals surface area (Å²) in [5, 5.41) is 5.96. The van der Waals surface area contributed by atoms with Crippen LogP contribution in [0.5, 0.6) is 11.5 Å². The van der Waals surface area contributed by atoms with Crippen molar-refractivity contribution < 1.29 is 31.9 Å². The number of hydrogen-bond donors (Lipinski definition) is 3. The molecule has 3 aromatic carbocycles. The standard InChI is InChI=1S/C37H40ClFN4O6S/c1-5-24-20-37(24,35(46)42-50(47,48)30-15-16-30)41-33(44)31-18-23-17-29(49-28-8-6-7-25(38)19-28)14-9-22(23)21-43(31)34(45)32(36(2,3)4)40-27-12-10-26(39)11-13-27/h5-14,17,19,24,30-32,40H,1,15-16,18,20-21H2,2-4H3,(H,41,44)(H,42,46)/t24-,31?,32?,37-/m1/s1. The number of anilines is 1. The van der Waals surface area contributed by atoms with E-state index in [0.717, 1.165) is 11.1 Å². The topological polar surface area (TPSA) is 134 Å². The van der Waals surface area contributed by atoms with Crippen LogP contribution in [0.4, 0.5) is 10.1 Å². The van der Waals surface area contributed by atoms with Crippen LogP contribution < -0.4 is 20.1 Å². The molecule has 0 bridgehead atoms. The van der Waals surface area contributed by atoms with Gasteiger partial charge in [-0.1, -0.05) is 50.6 Å². The van der Waals surface area contributed by atoms with E-state index in [9.17, 15) is 27.2 Å². The Labute approximate surface area is 296 Å². The molecule has 6 rings (SSSR count). The second-order valence-electron chi connectivity index (χ2n) is 14.3. The van der Waals surface area contributed by atoms with Crippen molar-refractivity contribution in [2.45, 2.75) is 75.9 Å². The summed E-state index contributed by atoms with van der Waals surface area (Å²) in [6.07, 6.45) is 2.71. The van der Waals surface area contributed by atoms with E-state index in [1.54, 1.807) is 42.5 Å². The van der Waals surface area contributed by atoms with Crippen LogP contribution >= 0.6 is 11.6 Å². The fourth-order valence-electron chi connectivity index (χ4n) is 6.30. The van der Waals surface area contributed by atoms with Crippen LogP contribution in [0.3, 0.4) is 0 Å². The van der Waals surface area contributed by atoms with Crippen molar-refractivity contribution in [3.8, 4) is 11.5 Å². The molecule has 2 fully saturated rings. The number of nitrogens with one attached hydrogen (secondary N) is 3. The van der Waals surface area contributed by atoms with Gasteiger partial charge in [0.15, 0.2) is 0 Å². The Balaban J connectivity index is 1.32. The van der Waals surface area contributed by atoms with E-state index in [4.69, 9.17) is 16.3 Å². The van der Waals surface area contributed by atoms with Gasteiger partial charge in [0.25, 0.3) is 5.91 Å². The fourth-order valence-corrected chi connectivity index (χ4v) is 7.85. The molecule has 4 atom stereocenters. The van der Waals surface area contributed by atoms with Crippen LogP contribution in [-0.2, 0) is 37.4 Å². The molecule has 2 saturated carbocycles. The van der Waals surface area contributed by atoms with Crippen molar-refractivity contribution in [2.75, 3.05) is 5.32 Å². The summed E-state index contributed by atoms with van der Waals surface area (Å²) < 4.78 is 47.3. The number of benzene rings is 3. The van der Waals surface area contributed by atoms with E-state index < -0.39 is 61.9 Å². The van der Waals surface area contributed by atoms with Crippen LogP contribution in [0.25, 0.3) is 0 Å². The lowest BCUT2D eigenvalue weighted by Crippen LogP contribution is -2.61. The van der Waals surface area contributed by atoms with E-state index in [1.165, 1.54) is 23.1 Å². The molecule has 2 aliphatic carbocycles. The van der Waals surface area contributed by atoms with Gasteiger partial charge in [-0.25, -0.2) is 12.8 Å². The summed E-state index contributed by atoms with van der Waals surface area (Å²) in [7, 11) is -3.88. The third-order valence-electron chi connectivity index (χ3n) is 9.44. The van der Waals surface area contributed by atoms with E-state index in [1.807, 2.05) is 32.9 Å². The summed E-state index contributed by atoms with van der Waals surface area (Å²) in [5.41, 5.74) is -0.0833. The van der Waals surface area contributed by atoms with Crippen LogP contribution in [-0.4, -0.2) is 53.9 Å². The molecular weight excluding hydrogens is 683 g/mol. The summed E-state index contributed by atoms with van der Waals surface area (Å²) in [5.74, 6) is -1.69. The van der Waals surface area contributed by atoms with Crippen LogP contribution in [0.15, 0.2) is 79.4 Å². The molecule has 0 radical (unpaired) electrons. The van der Waals surface area contributed by atoms with Crippen molar-refractivity contribution >= 4 is 45.0 Å². The number of carbonyl (C=O) groups excluding carboxylic acids is 3. The molecule has 0 spiro atoms. The number of ether oxygens (including phenoxy) is 1. The Kier molecular flexibility index (Phi) is 9.47. The van der Waals surface area contributed by atoms with Gasteiger partial charge in [-0.15, -0.1) is 6.58 Å². The lowest BCUT2D eigenvalue weighted by molar-refractivity contribution is -0.145. The van der Waals surface area contributed by atoms with Crippen molar-refractivity contribution in [1.29, 1.82) is 0 Å². The van der Waals surface area contributed by atoms with Crippen LogP contribution in [0.1, 0.15) is 51.2 Å². The molecule has 3 amide bonds. The number of rotatable bonds is 11. The van der Waals surface area contributed by atoms with E-state index >= 15 is 0 Å². The summed E-state index contributed by atoms with van der Waals surface area (Å²) in [4.78, 5) is 43.9. The maximum absolute atomic E-state index is 14.6. The molecule has 1 aliphatic heterocycles. The molecule has 10 nitrogen and oxygen atoms in total. The zero-order chi connectivity index (χ0) is 36.0. The van der Waals surface area contributed by atoms with Gasteiger partial charge in [0.05, 0.1) is 5.25 Å². The lowest BCUT2D eigenvalue weighted by Gasteiger charge is -2.41. The molecule has 3 aliphatic rings. The highest BCUT2D eigenvalue weighted by Crippen LogP contribution is 2.45. The van der Waals surface area contributed by atoms with Gasteiger partial charge in [-0.05, 0) is 90.4 Å². The predicted octanol–water partition coefficient (Wildman–Crippen LogP) is 5.72. The Bertz CT molecular complexity index is 1950. The highest BCUT2D eigenvalue weighted by Gasteiger charge is 2.61. The van der Waals surface area contributed by atoms with Crippen LogP contribution in [0.2, 0.25) is 5.02 Å². The summed E-state index contributed by atoms with van der Waals surface area (Å²) in [6, 6.07) is 16.1. The Hall–Kier alpha value is -4.42. The molecular formula is C37H40ClFN4O6S. The SMILES string of the molecule is C=C[C@@H]1C[C@]1(NC(=O)C1Cc2cc(Oc3cccc(Cl)c3)ccc2CN1C(=O)C(Nc1ccc(F)cc1)C(C)(C)C)C(=O)NS(=O)(=O)C1CC1. The first-order chi connectivity index (χ1) is 23.6. The Morgan fingerprint density at radius 3 is 2.36 bits per heavy atom. The molecule has 50 heavy (non-hydrogen) atoms. The fraction of sp³-hybridized carbons (Fsp3) is 0.378. The van der Waals surface area contributed by atoms with Gasteiger partial charge in [0.2, 0.25) is 21.8 Å². The number of carbonyl (C=O) groups is 3. The van der Waals surface area contributed by atoms with Gasteiger partial charge in [-0.3, -0.25) is 19.1 Å². The average Bonchev–Trinajstić information content (AvgIpc) is 3.99. The third-order valence-corrected chi connectivity index (χ3v) is 11.5. The van der Waals surface area contributed by atoms with E-state index in [0.29, 0.717) is 35.1 Å². The minimum absolute atomic E-state index is 0.0710. The van der Waals surface area contributed by atoms with Crippen molar-refractivity contribution in [3.05, 3.63) is 101 Å². The zero-order valence-electron chi connectivity index (χ0n) is 28.0. The molecule has 2 unspecified atom stereocenters. The van der Waals surface area contributed by atoms with Crippen LogP contribution in [0, 0.1) is 17.2 Å². The molecule has 3 aromatic rings. The first-order valence-electron chi connectivity index (χ1n) is 16.5. The molecule has 0 aromatic heterocycles. The maximum atomic E-state index is 14.6. The first kappa shape index (κ1) is 35.4. The lowest BCUT2D eigenvalue weighted by atomic mass is 9.84. The number of fused-ring (bicyclic) bond motifs is 1. The second-order valence-corrected chi connectivity index (χ2v) is 16.7. The van der Waals surface area contributed by atoms with Crippen molar-refractivity contribution in [2.24, 2.45) is 11.3 Å². The molecule has 0 saturated heterocycles. The minimum Gasteiger partial charge on any atom is -0.457 e. The minimum atomic E-state index is -3.88.